The number of halogens is 5. The van der Waals surface area contributed by atoms with Crippen molar-refractivity contribution in [3.05, 3.63) is 69.0 Å². The Morgan fingerprint density at radius 3 is 2.05 bits per heavy atom. The third kappa shape index (κ3) is 2.56. The Kier molecular flexibility index (Phi) is 4.04. The van der Waals surface area contributed by atoms with Gasteiger partial charge >= 0.3 is 0 Å². The van der Waals surface area contributed by atoms with Gasteiger partial charge in [-0.05, 0) is 18.2 Å². The van der Waals surface area contributed by atoms with Gasteiger partial charge in [-0.25, -0.2) is 13.2 Å². The van der Waals surface area contributed by atoms with E-state index in [1.165, 1.54) is 12.1 Å². The zero-order valence-corrected chi connectivity index (χ0v) is 10.9. The monoisotopic (exact) mass is 305 g/mol. The second kappa shape index (κ2) is 5.41. The van der Waals surface area contributed by atoms with Crippen LogP contribution in [0.3, 0.4) is 0 Å². The van der Waals surface area contributed by atoms with E-state index in [1.54, 1.807) is 6.07 Å². The largest absolute Gasteiger partial charge is 0.320 e. The molecule has 2 N–H and O–H groups in total. The molecule has 1 atom stereocenters. The van der Waals surface area contributed by atoms with Gasteiger partial charge in [-0.1, -0.05) is 35.3 Å². The summed E-state index contributed by atoms with van der Waals surface area (Å²) >= 11 is 11.9. The van der Waals surface area contributed by atoms with E-state index in [9.17, 15) is 13.2 Å². The Hall–Kier alpha value is -1.23. The van der Waals surface area contributed by atoms with Crippen molar-refractivity contribution in [2.75, 3.05) is 0 Å². The molecule has 0 bridgehead atoms. The molecular weight excluding hydrogens is 298 g/mol. The smallest absolute Gasteiger partial charge is 0.194 e. The van der Waals surface area contributed by atoms with Crippen molar-refractivity contribution in [2.24, 2.45) is 5.73 Å². The maximum atomic E-state index is 13.7. The normalized spacial score (nSPS) is 12.5. The quantitative estimate of drug-likeness (QED) is 0.815. The van der Waals surface area contributed by atoms with Crippen LogP contribution in [0.4, 0.5) is 13.2 Å². The molecule has 0 aliphatic rings. The maximum Gasteiger partial charge on any atom is 0.194 e. The van der Waals surface area contributed by atoms with Gasteiger partial charge in [0.15, 0.2) is 17.5 Å². The Bertz CT molecular complexity index is 611. The van der Waals surface area contributed by atoms with Crippen LogP contribution < -0.4 is 5.73 Å². The Morgan fingerprint density at radius 1 is 0.895 bits per heavy atom. The fourth-order valence-corrected chi connectivity index (χ4v) is 2.38. The van der Waals surface area contributed by atoms with E-state index in [0.29, 0.717) is 0 Å². The molecule has 0 saturated carbocycles. The minimum atomic E-state index is -1.57. The van der Waals surface area contributed by atoms with Crippen molar-refractivity contribution in [3.63, 3.8) is 0 Å². The van der Waals surface area contributed by atoms with Crippen molar-refractivity contribution >= 4 is 23.2 Å². The van der Waals surface area contributed by atoms with Crippen LogP contribution in [0.15, 0.2) is 30.3 Å². The van der Waals surface area contributed by atoms with E-state index in [1.807, 2.05) is 0 Å². The molecule has 0 amide bonds. The lowest BCUT2D eigenvalue weighted by molar-refractivity contribution is 0.438. The molecule has 1 nitrogen and oxygen atoms in total. The van der Waals surface area contributed by atoms with Gasteiger partial charge in [-0.2, -0.15) is 0 Å². The topological polar surface area (TPSA) is 26.0 Å². The lowest BCUT2D eigenvalue weighted by Crippen LogP contribution is -2.16. The maximum absolute atomic E-state index is 13.7. The van der Waals surface area contributed by atoms with Gasteiger partial charge in [0.25, 0.3) is 0 Å². The van der Waals surface area contributed by atoms with Crippen LogP contribution in [0, 0.1) is 17.5 Å². The van der Waals surface area contributed by atoms with Crippen LogP contribution in [0.2, 0.25) is 10.0 Å². The standard InChI is InChI=1S/C13H8Cl2F3N/c14-7-2-1-3-8(15)10(7)13(19)6-4-5-9(16)12(18)11(6)17/h1-5,13H,19H2. The Morgan fingerprint density at radius 2 is 1.47 bits per heavy atom. The summed E-state index contributed by atoms with van der Waals surface area (Å²) in [7, 11) is 0. The van der Waals surface area contributed by atoms with Crippen LogP contribution in [0.25, 0.3) is 0 Å². The van der Waals surface area contributed by atoms with Gasteiger partial charge in [-0.3, -0.25) is 0 Å². The molecule has 2 rings (SSSR count). The van der Waals surface area contributed by atoms with Crippen LogP contribution in [0.1, 0.15) is 17.2 Å². The fourth-order valence-electron chi connectivity index (χ4n) is 1.74. The first-order valence-corrected chi connectivity index (χ1v) is 6.02. The Balaban J connectivity index is 2.57. The summed E-state index contributed by atoms with van der Waals surface area (Å²) in [6.45, 7) is 0. The van der Waals surface area contributed by atoms with Gasteiger partial charge in [-0.15, -0.1) is 0 Å². The zero-order chi connectivity index (χ0) is 14.2. The van der Waals surface area contributed by atoms with E-state index in [0.717, 1.165) is 12.1 Å². The van der Waals surface area contributed by atoms with Crippen molar-refractivity contribution in [2.45, 2.75) is 6.04 Å². The molecular formula is C13H8Cl2F3N. The number of rotatable bonds is 2. The molecule has 0 saturated heterocycles. The molecule has 2 aromatic carbocycles. The van der Waals surface area contributed by atoms with Gasteiger partial charge in [0.2, 0.25) is 0 Å². The first kappa shape index (κ1) is 14.2. The average molecular weight is 306 g/mol. The van der Waals surface area contributed by atoms with Crippen LogP contribution in [-0.4, -0.2) is 0 Å². The molecule has 6 heteroatoms. The van der Waals surface area contributed by atoms with Crippen LogP contribution >= 0.6 is 23.2 Å². The summed E-state index contributed by atoms with van der Waals surface area (Å²) in [4.78, 5) is 0. The van der Waals surface area contributed by atoms with Crippen molar-refractivity contribution in [3.8, 4) is 0 Å². The molecule has 1 unspecified atom stereocenters. The van der Waals surface area contributed by atoms with E-state index >= 15 is 0 Å². The van der Waals surface area contributed by atoms with Crippen molar-refractivity contribution < 1.29 is 13.2 Å². The molecule has 0 spiro atoms. The van der Waals surface area contributed by atoms with Crippen molar-refractivity contribution in [1.82, 2.24) is 0 Å². The van der Waals surface area contributed by atoms with Gasteiger partial charge in [0.05, 0.1) is 6.04 Å². The summed E-state index contributed by atoms with van der Waals surface area (Å²) in [6.07, 6.45) is 0. The molecule has 19 heavy (non-hydrogen) atoms. The summed E-state index contributed by atoms with van der Waals surface area (Å²) < 4.78 is 39.8. The summed E-state index contributed by atoms with van der Waals surface area (Å²) in [5, 5.41) is 0.452. The van der Waals surface area contributed by atoms with Gasteiger partial charge < -0.3 is 5.73 Å². The van der Waals surface area contributed by atoms with E-state index < -0.39 is 23.5 Å². The minimum absolute atomic E-state index is 0.214. The molecule has 100 valence electrons. The van der Waals surface area contributed by atoms with Gasteiger partial charge in [0.1, 0.15) is 0 Å². The van der Waals surface area contributed by atoms with Gasteiger partial charge in [0, 0.05) is 21.2 Å². The number of nitrogens with two attached hydrogens (primary N) is 1. The predicted octanol–water partition coefficient (Wildman–Crippen LogP) is 4.46. The molecule has 0 radical (unpaired) electrons. The summed E-state index contributed by atoms with van der Waals surface area (Å²) in [6, 6.07) is 5.44. The number of hydrogen-bond donors (Lipinski definition) is 1. The molecule has 0 heterocycles. The highest BCUT2D eigenvalue weighted by Crippen LogP contribution is 2.34. The lowest BCUT2D eigenvalue weighted by Gasteiger charge is -2.16. The van der Waals surface area contributed by atoms with E-state index in [-0.39, 0.29) is 21.2 Å². The fraction of sp³-hybridized carbons (Fsp3) is 0.0769. The lowest BCUT2D eigenvalue weighted by atomic mass is 9.98. The van der Waals surface area contributed by atoms with E-state index in [2.05, 4.69) is 0 Å². The van der Waals surface area contributed by atoms with E-state index in [4.69, 9.17) is 28.9 Å². The highest BCUT2D eigenvalue weighted by atomic mass is 35.5. The zero-order valence-electron chi connectivity index (χ0n) is 9.43. The van der Waals surface area contributed by atoms with Crippen molar-refractivity contribution in [1.29, 1.82) is 0 Å². The molecule has 0 fully saturated rings. The second-order valence-corrected chi connectivity index (χ2v) is 4.69. The third-order valence-corrected chi connectivity index (χ3v) is 3.37. The summed E-state index contributed by atoms with van der Waals surface area (Å²) in [5.41, 5.74) is 5.89. The minimum Gasteiger partial charge on any atom is -0.320 e. The summed E-state index contributed by atoms with van der Waals surface area (Å²) in [5.74, 6) is -4.20. The molecule has 0 aliphatic carbocycles. The van der Waals surface area contributed by atoms with Crippen LogP contribution in [-0.2, 0) is 0 Å². The highest BCUT2D eigenvalue weighted by Gasteiger charge is 2.22. The highest BCUT2D eigenvalue weighted by molar-refractivity contribution is 6.36. The molecule has 0 aromatic heterocycles. The third-order valence-electron chi connectivity index (χ3n) is 2.71. The molecule has 0 aliphatic heterocycles. The SMILES string of the molecule is NC(c1ccc(F)c(F)c1F)c1c(Cl)cccc1Cl. The van der Waals surface area contributed by atoms with Crippen LogP contribution in [0.5, 0.6) is 0 Å². The first-order valence-electron chi connectivity index (χ1n) is 5.26. The Labute approximate surface area is 117 Å². The number of benzene rings is 2. The average Bonchev–Trinajstić information content (AvgIpc) is 2.35. The second-order valence-electron chi connectivity index (χ2n) is 3.88. The molecule has 2 aromatic rings. The first-order chi connectivity index (χ1) is 8.93. The number of hydrogen-bond acceptors (Lipinski definition) is 1. The predicted molar refractivity (Wildman–Crippen MR) is 68.8 cm³/mol.